The molecular weight excluding hydrogens is 395 g/mol. The van der Waals surface area contributed by atoms with Gasteiger partial charge in [-0.2, -0.15) is 18.3 Å². The van der Waals surface area contributed by atoms with Crippen LogP contribution >= 0.6 is 11.3 Å². The zero-order chi connectivity index (χ0) is 20.5. The number of nitrogens with zero attached hydrogens (tertiary/aromatic N) is 2. The van der Waals surface area contributed by atoms with Crippen molar-refractivity contribution in [1.82, 2.24) is 4.98 Å². The molecule has 3 N–H and O–H groups in total. The number of nitrogens with two attached hydrogens (primary N) is 1. The topological polar surface area (TPSA) is 102 Å². The standard InChI is InChI=1S/C18H14F3N3O3S/c1-9-5-14(25)16(17(26)27-9)12(24-22)7-15-23-13(8-28-15)10-3-2-4-11(6-10)18(19,20)21/h2-6,8,25H,7,22H2,1H3/b24-12-. The molecule has 0 aliphatic carbocycles. The number of hydrazone groups is 1. The van der Waals surface area contributed by atoms with Crippen molar-refractivity contribution in [3.63, 3.8) is 0 Å². The summed E-state index contributed by atoms with van der Waals surface area (Å²) in [5.41, 5.74) is -1.04. The van der Waals surface area contributed by atoms with Gasteiger partial charge in [0.25, 0.3) is 0 Å². The van der Waals surface area contributed by atoms with Crippen molar-refractivity contribution >= 4 is 17.0 Å². The molecule has 1 aromatic carbocycles. The predicted molar refractivity (Wildman–Crippen MR) is 98.4 cm³/mol. The molecular formula is C18H14F3N3O3S. The highest BCUT2D eigenvalue weighted by molar-refractivity contribution is 7.10. The molecule has 0 atom stereocenters. The molecule has 10 heteroatoms. The van der Waals surface area contributed by atoms with Crippen molar-refractivity contribution in [3.05, 3.63) is 68.0 Å². The fourth-order valence-electron chi connectivity index (χ4n) is 2.58. The number of aromatic hydroxyl groups is 1. The van der Waals surface area contributed by atoms with Crippen LogP contribution in [-0.4, -0.2) is 15.8 Å². The lowest BCUT2D eigenvalue weighted by atomic mass is 10.1. The Balaban J connectivity index is 1.90. The maximum absolute atomic E-state index is 12.9. The average molecular weight is 409 g/mol. The van der Waals surface area contributed by atoms with E-state index in [0.29, 0.717) is 16.3 Å². The molecule has 0 fully saturated rings. The largest absolute Gasteiger partial charge is 0.507 e. The van der Waals surface area contributed by atoms with Crippen LogP contribution in [0, 0.1) is 6.92 Å². The molecule has 0 radical (unpaired) electrons. The Morgan fingerprint density at radius 1 is 1.36 bits per heavy atom. The molecule has 0 saturated heterocycles. The summed E-state index contributed by atoms with van der Waals surface area (Å²) in [6, 6.07) is 6.08. The van der Waals surface area contributed by atoms with Crippen LogP contribution in [0.25, 0.3) is 11.3 Å². The number of halogens is 3. The van der Waals surface area contributed by atoms with Crippen LogP contribution in [0.15, 0.2) is 50.0 Å². The molecule has 0 unspecified atom stereocenters. The Hall–Kier alpha value is -3.14. The SMILES string of the molecule is Cc1cc(O)c(/C(Cc2nc(-c3cccc(C(F)(F)F)c3)cs2)=N\N)c(=O)o1. The first-order valence-electron chi connectivity index (χ1n) is 7.92. The summed E-state index contributed by atoms with van der Waals surface area (Å²) in [7, 11) is 0. The van der Waals surface area contributed by atoms with Crippen molar-refractivity contribution in [1.29, 1.82) is 0 Å². The minimum absolute atomic E-state index is 0.00150. The number of aromatic nitrogens is 1. The zero-order valence-electron chi connectivity index (χ0n) is 14.4. The predicted octanol–water partition coefficient (Wildman–Crippen LogP) is 3.70. The number of hydrogen-bond donors (Lipinski definition) is 2. The zero-order valence-corrected chi connectivity index (χ0v) is 15.3. The molecule has 0 aliphatic heterocycles. The first-order chi connectivity index (χ1) is 13.2. The maximum Gasteiger partial charge on any atom is 0.416 e. The highest BCUT2D eigenvalue weighted by atomic mass is 32.1. The number of alkyl halides is 3. The van der Waals surface area contributed by atoms with E-state index in [2.05, 4.69) is 10.1 Å². The van der Waals surface area contributed by atoms with E-state index in [1.807, 2.05) is 0 Å². The number of hydrogen-bond acceptors (Lipinski definition) is 7. The summed E-state index contributed by atoms with van der Waals surface area (Å²) in [5, 5.41) is 15.6. The molecule has 2 heterocycles. The van der Waals surface area contributed by atoms with Crippen LogP contribution in [0.4, 0.5) is 13.2 Å². The lowest BCUT2D eigenvalue weighted by molar-refractivity contribution is -0.137. The van der Waals surface area contributed by atoms with Crippen LogP contribution in [0.5, 0.6) is 5.75 Å². The van der Waals surface area contributed by atoms with Crippen LogP contribution in [-0.2, 0) is 12.6 Å². The van der Waals surface area contributed by atoms with Gasteiger partial charge < -0.3 is 15.4 Å². The summed E-state index contributed by atoms with van der Waals surface area (Å²) in [6.45, 7) is 1.51. The summed E-state index contributed by atoms with van der Waals surface area (Å²) in [4.78, 5) is 16.3. The summed E-state index contributed by atoms with van der Waals surface area (Å²) >= 11 is 1.17. The fourth-order valence-corrected chi connectivity index (χ4v) is 3.39. The van der Waals surface area contributed by atoms with Crippen LogP contribution in [0.1, 0.15) is 21.9 Å². The van der Waals surface area contributed by atoms with E-state index in [-0.39, 0.29) is 29.2 Å². The van der Waals surface area contributed by atoms with Gasteiger partial charge in [0.15, 0.2) is 0 Å². The first kappa shape index (κ1) is 19.6. The highest BCUT2D eigenvalue weighted by Crippen LogP contribution is 2.32. The van der Waals surface area contributed by atoms with Gasteiger partial charge in [0, 0.05) is 23.4 Å². The minimum atomic E-state index is -4.45. The molecule has 3 rings (SSSR count). The molecule has 146 valence electrons. The van der Waals surface area contributed by atoms with Gasteiger partial charge in [-0.05, 0) is 19.1 Å². The third-order valence-electron chi connectivity index (χ3n) is 3.85. The molecule has 0 spiro atoms. The van der Waals surface area contributed by atoms with Gasteiger partial charge in [-0.3, -0.25) is 0 Å². The second-order valence-electron chi connectivity index (χ2n) is 5.86. The van der Waals surface area contributed by atoms with E-state index in [1.165, 1.54) is 36.5 Å². The number of rotatable bonds is 4. The first-order valence-corrected chi connectivity index (χ1v) is 8.80. The van der Waals surface area contributed by atoms with E-state index >= 15 is 0 Å². The van der Waals surface area contributed by atoms with Crippen molar-refractivity contribution < 1.29 is 22.7 Å². The monoisotopic (exact) mass is 409 g/mol. The van der Waals surface area contributed by atoms with Gasteiger partial charge in [0.2, 0.25) is 0 Å². The third kappa shape index (κ3) is 4.06. The van der Waals surface area contributed by atoms with Gasteiger partial charge in [-0.15, -0.1) is 11.3 Å². The highest BCUT2D eigenvalue weighted by Gasteiger charge is 2.30. The normalized spacial score (nSPS) is 12.4. The van der Waals surface area contributed by atoms with Crippen LogP contribution in [0.2, 0.25) is 0 Å². The van der Waals surface area contributed by atoms with Crippen molar-refractivity contribution in [3.8, 4) is 17.0 Å². The molecule has 28 heavy (non-hydrogen) atoms. The lowest BCUT2D eigenvalue weighted by Gasteiger charge is -2.07. The molecule has 6 nitrogen and oxygen atoms in total. The summed E-state index contributed by atoms with van der Waals surface area (Å²) < 4.78 is 43.6. The smallest absolute Gasteiger partial charge is 0.416 e. The molecule has 3 aromatic rings. The van der Waals surface area contributed by atoms with Crippen molar-refractivity contribution in [2.75, 3.05) is 0 Å². The van der Waals surface area contributed by atoms with E-state index in [0.717, 1.165) is 12.1 Å². The number of thiazole rings is 1. The second kappa shape index (κ2) is 7.47. The Morgan fingerprint density at radius 2 is 2.11 bits per heavy atom. The molecule has 2 aromatic heterocycles. The van der Waals surface area contributed by atoms with Gasteiger partial charge in [0.05, 0.1) is 22.0 Å². The lowest BCUT2D eigenvalue weighted by Crippen LogP contribution is -2.19. The van der Waals surface area contributed by atoms with Gasteiger partial charge in [-0.1, -0.05) is 12.1 Å². The van der Waals surface area contributed by atoms with Gasteiger partial charge in [0.1, 0.15) is 17.1 Å². The van der Waals surface area contributed by atoms with Crippen molar-refractivity contribution in [2.24, 2.45) is 10.9 Å². The number of aryl methyl sites for hydroxylation is 1. The van der Waals surface area contributed by atoms with E-state index in [4.69, 9.17) is 10.3 Å². The minimum Gasteiger partial charge on any atom is -0.507 e. The Kier molecular flexibility index (Phi) is 5.23. The molecule has 0 aliphatic rings. The summed E-state index contributed by atoms with van der Waals surface area (Å²) in [5.74, 6) is 5.26. The molecule has 0 saturated carbocycles. The van der Waals surface area contributed by atoms with Gasteiger partial charge >= 0.3 is 11.8 Å². The molecule has 0 bridgehead atoms. The van der Waals surface area contributed by atoms with Crippen LogP contribution in [0.3, 0.4) is 0 Å². The van der Waals surface area contributed by atoms with E-state index < -0.39 is 17.4 Å². The quantitative estimate of drug-likeness (QED) is 0.389. The van der Waals surface area contributed by atoms with Crippen LogP contribution < -0.4 is 11.5 Å². The Morgan fingerprint density at radius 3 is 2.75 bits per heavy atom. The van der Waals surface area contributed by atoms with E-state index in [9.17, 15) is 23.1 Å². The number of benzene rings is 1. The Labute approximate surface area is 160 Å². The second-order valence-corrected chi connectivity index (χ2v) is 6.81. The van der Waals surface area contributed by atoms with E-state index in [1.54, 1.807) is 5.38 Å². The Bertz CT molecular complexity index is 1100. The molecule has 0 amide bonds. The third-order valence-corrected chi connectivity index (χ3v) is 4.70. The van der Waals surface area contributed by atoms with Gasteiger partial charge in [-0.25, -0.2) is 9.78 Å². The average Bonchev–Trinajstić information content (AvgIpc) is 3.08. The van der Waals surface area contributed by atoms with Crippen molar-refractivity contribution in [2.45, 2.75) is 19.5 Å². The maximum atomic E-state index is 12.9. The summed E-state index contributed by atoms with van der Waals surface area (Å²) in [6.07, 6.45) is -4.45. The fraction of sp³-hybridized carbons (Fsp3) is 0.167.